The number of aryl methyl sites for hydroxylation is 2. The Kier molecular flexibility index (Phi) is 4.53. The predicted octanol–water partition coefficient (Wildman–Crippen LogP) is 2.69. The van der Waals surface area contributed by atoms with Crippen molar-refractivity contribution in [3.8, 4) is 0 Å². The van der Waals surface area contributed by atoms with Crippen LogP contribution in [-0.4, -0.2) is 5.91 Å². The number of hydrogen-bond acceptors (Lipinski definition) is 2. The van der Waals surface area contributed by atoms with Crippen LogP contribution in [0.3, 0.4) is 0 Å². The highest BCUT2D eigenvalue weighted by molar-refractivity contribution is 5.94. The molecule has 2 aromatic rings. The molecule has 2 aromatic carbocycles. The SMILES string of the molecule is Cc1cc(C)cc(C(=O)NCc2cccc(CN)c2)c1. The van der Waals surface area contributed by atoms with Crippen LogP contribution in [0.1, 0.15) is 32.6 Å². The van der Waals surface area contributed by atoms with Crippen LogP contribution in [0.15, 0.2) is 42.5 Å². The van der Waals surface area contributed by atoms with Gasteiger partial charge in [0.15, 0.2) is 0 Å². The van der Waals surface area contributed by atoms with Crippen molar-refractivity contribution in [1.29, 1.82) is 0 Å². The Labute approximate surface area is 119 Å². The second kappa shape index (κ2) is 6.35. The Bertz CT molecular complexity index is 600. The van der Waals surface area contributed by atoms with Gasteiger partial charge in [-0.05, 0) is 37.1 Å². The minimum Gasteiger partial charge on any atom is -0.348 e. The van der Waals surface area contributed by atoms with Crippen LogP contribution >= 0.6 is 0 Å². The highest BCUT2D eigenvalue weighted by Crippen LogP contribution is 2.09. The molecule has 0 heterocycles. The van der Waals surface area contributed by atoms with Gasteiger partial charge in [0.2, 0.25) is 0 Å². The normalized spacial score (nSPS) is 10.3. The van der Waals surface area contributed by atoms with Crippen molar-refractivity contribution < 1.29 is 4.79 Å². The molecule has 3 N–H and O–H groups in total. The third-order valence-electron chi connectivity index (χ3n) is 3.16. The standard InChI is InChI=1S/C17H20N2O/c1-12-6-13(2)8-16(7-12)17(20)19-11-15-5-3-4-14(9-15)10-18/h3-9H,10-11,18H2,1-2H3,(H,19,20). The van der Waals surface area contributed by atoms with Crippen LogP contribution in [0.2, 0.25) is 0 Å². The van der Waals surface area contributed by atoms with E-state index < -0.39 is 0 Å². The molecule has 0 aliphatic rings. The van der Waals surface area contributed by atoms with Gasteiger partial charge in [-0.1, -0.05) is 41.5 Å². The molecule has 0 fully saturated rings. The van der Waals surface area contributed by atoms with Crippen LogP contribution in [0.5, 0.6) is 0 Å². The topological polar surface area (TPSA) is 55.1 Å². The maximum absolute atomic E-state index is 12.1. The fourth-order valence-electron chi connectivity index (χ4n) is 2.26. The van der Waals surface area contributed by atoms with Crippen molar-refractivity contribution in [1.82, 2.24) is 5.32 Å². The lowest BCUT2D eigenvalue weighted by molar-refractivity contribution is 0.0950. The minimum atomic E-state index is -0.0463. The maximum atomic E-state index is 12.1. The van der Waals surface area contributed by atoms with Gasteiger partial charge in [-0.3, -0.25) is 4.79 Å². The van der Waals surface area contributed by atoms with Crippen LogP contribution in [0.25, 0.3) is 0 Å². The fourth-order valence-corrected chi connectivity index (χ4v) is 2.26. The lowest BCUT2D eigenvalue weighted by Gasteiger charge is -2.08. The summed E-state index contributed by atoms with van der Waals surface area (Å²) in [5.41, 5.74) is 10.6. The minimum absolute atomic E-state index is 0.0463. The zero-order chi connectivity index (χ0) is 14.5. The van der Waals surface area contributed by atoms with Crippen LogP contribution < -0.4 is 11.1 Å². The van der Waals surface area contributed by atoms with Crippen molar-refractivity contribution in [2.75, 3.05) is 0 Å². The van der Waals surface area contributed by atoms with Gasteiger partial charge in [0.05, 0.1) is 0 Å². The van der Waals surface area contributed by atoms with Crippen molar-refractivity contribution in [2.24, 2.45) is 5.73 Å². The van der Waals surface area contributed by atoms with Gasteiger partial charge >= 0.3 is 0 Å². The van der Waals surface area contributed by atoms with Gasteiger partial charge < -0.3 is 11.1 Å². The summed E-state index contributed by atoms with van der Waals surface area (Å²) < 4.78 is 0. The predicted molar refractivity (Wildman–Crippen MR) is 81.4 cm³/mol. The fraction of sp³-hybridized carbons (Fsp3) is 0.235. The molecule has 0 unspecified atom stereocenters. The lowest BCUT2D eigenvalue weighted by Crippen LogP contribution is -2.23. The molecule has 1 amide bonds. The number of rotatable bonds is 4. The average molecular weight is 268 g/mol. The summed E-state index contributed by atoms with van der Waals surface area (Å²) in [4.78, 5) is 12.1. The van der Waals surface area contributed by atoms with E-state index in [4.69, 9.17) is 5.73 Å². The van der Waals surface area contributed by atoms with Crippen molar-refractivity contribution in [3.63, 3.8) is 0 Å². The van der Waals surface area contributed by atoms with E-state index >= 15 is 0 Å². The van der Waals surface area contributed by atoms with E-state index in [9.17, 15) is 4.79 Å². The molecule has 0 aliphatic heterocycles. The Morgan fingerprint density at radius 1 is 1.05 bits per heavy atom. The van der Waals surface area contributed by atoms with Crippen LogP contribution in [0.4, 0.5) is 0 Å². The zero-order valence-electron chi connectivity index (χ0n) is 11.9. The quantitative estimate of drug-likeness (QED) is 0.895. The van der Waals surface area contributed by atoms with Gasteiger partial charge in [0.25, 0.3) is 5.91 Å². The summed E-state index contributed by atoms with van der Waals surface area (Å²) in [6, 6.07) is 13.8. The second-order valence-electron chi connectivity index (χ2n) is 5.08. The van der Waals surface area contributed by atoms with Crippen molar-refractivity contribution in [2.45, 2.75) is 26.9 Å². The van der Waals surface area contributed by atoms with E-state index in [-0.39, 0.29) is 5.91 Å². The van der Waals surface area contributed by atoms with Crippen LogP contribution in [-0.2, 0) is 13.1 Å². The number of amides is 1. The first-order valence-corrected chi connectivity index (χ1v) is 6.73. The first kappa shape index (κ1) is 14.3. The molecule has 2 rings (SSSR count). The van der Waals surface area contributed by atoms with Gasteiger partial charge in [0.1, 0.15) is 0 Å². The molecule has 0 radical (unpaired) electrons. The first-order chi connectivity index (χ1) is 9.58. The molecule has 0 atom stereocenters. The highest BCUT2D eigenvalue weighted by atomic mass is 16.1. The van der Waals surface area contributed by atoms with Gasteiger partial charge in [-0.15, -0.1) is 0 Å². The summed E-state index contributed by atoms with van der Waals surface area (Å²) in [5, 5.41) is 2.94. The summed E-state index contributed by atoms with van der Waals surface area (Å²) in [6.07, 6.45) is 0. The Morgan fingerprint density at radius 3 is 2.35 bits per heavy atom. The molecule has 3 heteroatoms. The molecule has 20 heavy (non-hydrogen) atoms. The summed E-state index contributed by atoms with van der Waals surface area (Å²) in [7, 11) is 0. The third-order valence-corrected chi connectivity index (χ3v) is 3.16. The van der Waals surface area contributed by atoms with E-state index in [1.807, 2.05) is 50.2 Å². The van der Waals surface area contributed by atoms with Crippen LogP contribution in [0, 0.1) is 13.8 Å². The summed E-state index contributed by atoms with van der Waals surface area (Å²) in [6.45, 7) is 5.02. The molecule has 0 aromatic heterocycles. The van der Waals surface area contributed by atoms with E-state index in [2.05, 4.69) is 11.4 Å². The van der Waals surface area contributed by atoms with E-state index in [1.54, 1.807) is 0 Å². The molecular weight excluding hydrogens is 248 g/mol. The molecular formula is C17H20N2O. The van der Waals surface area contributed by atoms with Gasteiger partial charge in [-0.2, -0.15) is 0 Å². The maximum Gasteiger partial charge on any atom is 0.251 e. The molecule has 3 nitrogen and oxygen atoms in total. The summed E-state index contributed by atoms with van der Waals surface area (Å²) in [5.74, 6) is -0.0463. The van der Waals surface area contributed by atoms with Crippen molar-refractivity contribution in [3.05, 3.63) is 70.3 Å². The van der Waals surface area contributed by atoms with Gasteiger partial charge in [-0.25, -0.2) is 0 Å². The van der Waals surface area contributed by atoms with E-state index in [1.165, 1.54) is 0 Å². The number of carbonyl (C=O) groups is 1. The monoisotopic (exact) mass is 268 g/mol. The highest BCUT2D eigenvalue weighted by Gasteiger charge is 2.06. The number of hydrogen-bond donors (Lipinski definition) is 2. The molecule has 0 bridgehead atoms. The van der Waals surface area contributed by atoms with E-state index in [0.29, 0.717) is 18.7 Å². The average Bonchev–Trinajstić information content (AvgIpc) is 2.44. The van der Waals surface area contributed by atoms with Crippen molar-refractivity contribution >= 4 is 5.91 Å². The number of benzene rings is 2. The second-order valence-corrected chi connectivity index (χ2v) is 5.08. The number of nitrogens with two attached hydrogens (primary N) is 1. The molecule has 0 spiro atoms. The molecule has 0 aliphatic carbocycles. The Morgan fingerprint density at radius 2 is 1.70 bits per heavy atom. The number of carbonyl (C=O) groups excluding carboxylic acids is 1. The smallest absolute Gasteiger partial charge is 0.251 e. The molecule has 0 saturated carbocycles. The van der Waals surface area contributed by atoms with E-state index in [0.717, 1.165) is 22.3 Å². The molecule has 104 valence electrons. The first-order valence-electron chi connectivity index (χ1n) is 6.73. The third kappa shape index (κ3) is 3.68. The molecule has 0 saturated heterocycles. The summed E-state index contributed by atoms with van der Waals surface area (Å²) >= 11 is 0. The Hall–Kier alpha value is -2.13. The Balaban J connectivity index is 2.04. The zero-order valence-corrected chi connectivity index (χ0v) is 11.9. The largest absolute Gasteiger partial charge is 0.348 e. The number of nitrogens with one attached hydrogen (secondary N) is 1. The lowest BCUT2D eigenvalue weighted by atomic mass is 10.1. The van der Waals surface area contributed by atoms with Gasteiger partial charge in [0, 0.05) is 18.7 Å².